The highest BCUT2D eigenvalue weighted by Gasteiger charge is 2.55. The van der Waals surface area contributed by atoms with Gasteiger partial charge in [0.15, 0.2) is 16.6 Å². The molecule has 234 valence electrons. The largest absolute Gasteiger partial charge is 0.464 e. The summed E-state index contributed by atoms with van der Waals surface area (Å²) in [6.45, 7) is 23.9. The molecular formula is C31H60O5S2Si2. The van der Waals surface area contributed by atoms with E-state index in [9.17, 15) is 9.59 Å². The van der Waals surface area contributed by atoms with Crippen molar-refractivity contribution in [2.24, 2.45) is 5.92 Å². The molecule has 0 saturated heterocycles. The van der Waals surface area contributed by atoms with Gasteiger partial charge in [0.05, 0.1) is 12.4 Å². The molecule has 9 heteroatoms. The number of hydrogen-bond acceptors (Lipinski definition) is 7. The molecule has 0 aromatic carbocycles. The number of hydrogen-bond donors (Lipinski definition) is 0. The Kier molecular flexibility index (Phi) is 15.3. The third kappa shape index (κ3) is 11.2. The van der Waals surface area contributed by atoms with Crippen molar-refractivity contribution in [3.8, 4) is 0 Å². The lowest BCUT2D eigenvalue weighted by molar-refractivity contribution is -0.172. The number of thioether (sulfide) groups is 2. The first-order valence-corrected chi connectivity index (χ1v) is 23.1. The van der Waals surface area contributed by atoms with Gasteiger partial charge in [-0.3, -0.25) is 4.79 Å². The van der Waals surface area contributed by atoms with Gasteiger partial charge in [-0.1, -0.05) is 91.6 Å². The Morgan fingerprint density at radius 3 is 2.00 bits per heavy atom. The minimum atomic E-state index is -2.39. The van der Waals surface area contributed by atoms with Crippen LogP contribution in [0.4, 0.5) is 0 Å². The Balaban J connectivity index is 2.95. The SMILES string of the molecule is CCCCCC/C=C/[C@H]1CCC(=O)[C@@H]1SCCCSC(O[Si](C)(C)C(C)(C)C)(O[Si](C)(C)C(C)(C)C)C(=O)OC. The van der Waals surface area contributed by atoms with Crippen LogP contribution in [-0.2, 0) is 23.2 Å². The highest BCUT2D eigenvalue weighted by molar-refractivity contribution is 8.01. The molecule has 0 aliphatic heterocycles. The normalized spacial score (nSPS) is 19.6. The number of allylic oxidation sites excluding steroid dienone is 2. The van der Waals surface area contributed by atoms with Crippen LogP contribution >= 0.6 is 23.5 Å². The molecule has 1 rings (SSSR count). The molecule has 40 heavy (non-hydrogen) atoms. The van der Waals surface area contributed by atoms with Crippen LogP contribution in [-0.4, -0.2) is 57.4 Å². The van der Waals surface area contributed by atoms with Gasteiger partial charge in [-0.25, -0.2) is 4.79 Å². The number of esters is 1. The van der Waals surface area contributed by atoms with E-state index < -0.39 is 27.7 Å². The number of methoxy groups -OCH3 is 1. The van der Waals surface area contributed by atoms with E-state index in [2.05, 4.69) is 86.8 Å². The molecule has 0 aromatic rings. The summed E-state index contributed by atoms with van der Waals surface area (Å²) in [5, 5.41) is -1.63. The van der Waals surface area contributed by atoms with Crippen molar-refractivity contribution >= 4 is 51.9 Å². The predicted octanol–water partition coefficient (Wildman–Crippen LogP) is 9.59. The smallest absolute Gasteiger partial charge is 0.376 e. The van der Waals surface area contributed by atoms with Gasteiger partial charge in [0, 0.05) is 6.42 Å². The number of carbonyl (C=O) groups is 2. The summed E-state index contributed by atoms with van der Waals surface area (Å²) < 4.78 is 19.0. The maximum Gasteiger partial charge on any atom is 0.376 e. The maximum atomic E-state index is 13.5. The first kappa shape index (κ1) is 38.0. The van der Waals surface area contributed by atoms with Crippen molar-refractivity contribution in [2.75, 3.05) is 18.6 Å². The molecule has 0 heterocycles. The Morgan fingerprint density at radius 2 is 1.50 bits per heavy atom. The van der Waals surface area contributed by atoms with Crippen molar-refractivity contribution < 1.29 is 23.2 Å². The Hall–Kier alpha value is -0.0662. The Labute approximate surface area is 257 Å². The summed E-state index contributed by atoms with van der Waals surface area (Å²) in [7, 11) is -3.37. The van der Waals surface area contributed by atoms with E-state index in [0.717, 1.165) is 25.0 Å². The van der Waals surface area contributed by atoms with Gasteiger partial charge in [0.1, 0.15) is 5.78 Å². The molecule has 1 saturated carbocycles. The number of Topliss-reactive ketones (excluding diaryl/α,β-unsaturated/α-hetero) is 1. The number of ether oxygens (including phenoxy) is 1. The highest BCUT2D eigenvalue weighted by Crippen LogP contribution is 2.48. The van der Waals surface area contributed by atoms with E-state index in [-0.39, 0.29) is 15.3 Å². The molecule has 0 spiro atoms. The van der Waals surface area contributed by atoms with Gasteiger partial charge >= 0.3 is 11.1 Å². The highest BCUT2D eigenvalue weighted by atomic mass is 32.2. The number of ketones is 1. The van der Waals surface area contributed by atoms with Gasteiger partial charge < -0.3 is 13.6 Å². The standard InChI is InChI=1S/C31H60O5S2Si2/c1-13-14-15-16-17-18-20-25-21-22-26(32)27(25)37-23-19-24-38-31(28(33)34-8,35-39(9,10)29(2,3)4)36-40(11,12)30(5,6)7/h18,20,25,27H,13-17,19,21-24H2,1-12H3/b20-18+/t25-,27+/m0/s1. The number of carbonyl (C=O) groups excluding carboxylic acids is 2. The molecule has 5 nitrogen and oxygen atoms in total. The second-order valence-corrected chi connectivity index (χ2v) is 26.1. The van der Waals surface area contributed by atoms with Crippen LogP contribution in [0.1, 0.15) is 99.8 Å². The molecule has 1 aliphatic rings. The average Bonchev–Trinajstić information content (AvgIpc) is 3.17. The maximum absolute atomic E-state index is 13.5. The number of rotatable bonds is 17. The van der Waals surface area contributed by atoms with Gasteiger partial charge in [-0.2, -0.15) is 0 Å². The lowest BCUT2D eigenvalue weighted by atomic mass is 10.1. The lowest BCUT2D eigenvalue weighted by Gasteiger charge is -2.48. The van der Waals surface area contributed by atoms with Crippen LogP contribution in [0.2, 0.25) is 36.3 Å². The molecule has 0 N–H and O–H groups in total. The fourth-order valence-electron chi connectivity index (χ4n) is 4.02. The average molecular weight is 633 g/mol. The minimum Gasteiger partial charge on any atom is -0.464 e. The summed E-state index contributed by atoms with van der Waals surface area (Å²) >= 11 is 3.21. The molecule has 0 radical (unpaired) electrons. The lowest BCUT2D eigenvalue weighted by Crippen LogP contribution is -2.59. The monoisotopic (exact) mass is 632 g/mol. The zero-order valence-corrected chi connectivity index (χ0v) is 31.4. The van der Waals surface area contributed by atoms with Gasteiger partial charge in [-0.05, 0) is 79.4 Å². The molecule has 0 unspecified atom stereocenters. The van der Waals surface area contributed by atoms with E-state index in [1.165, 1.54) is 44.6 Å². The summed E-state index contributed by atoms with van der Waals surface area (Å²) in [5.41, 5.74) is 0. The zero-order valence-electron chi connectivity index (χ0n) is 27.7. The van der Waals surface area contributed by atoms with Gasteiger partial charge in [0.25, 0.3) is 0 Å². The molecular weight excluding hydrogens is 573 g/mol. The molecule has 1 aliphatic carbocycles. The van der Waals surface area contributed by atoms with Crippen LogP contribution < -0.4 is 0 Å². The van der Waals surface area contributed by atoms with Gasteiger partial charge in [0.2, 0.25) is 0 Å². The van der Waals surface area contributed by atoms with Crippen LogP contribution in [0, 0.1) is 5.92 Å². The van der Waals surface area contributed by atoms with E-state index in [4.69, 9.17) is 13.6 Å². The Bertz CT molecular complexity index is 803. The molecule has 0 bridgehead atoms. The van der Waals surface area contributed by atoms with Crippen molar-refractivity contribution in [1.82, 2.24) is 0 Å². The Morgan fingerprint density at radius 1 is 0.925 bits per heavy atom. The van der Waals surface area contributed by atoms with Crippen LogP contribution in [0.25, 0.3) is 0 Å². The third-order valence-corrected chi connectivity index (χ3v) is 20.6. The van der Waals surface area contributed by atoms with E-state index in [1.54, 1.807) is 11.8 Å². The molecule has 2 atom stereocenters. The van der Waals surface area contributed by atoms with Gasteiger partial charge in [-0.15, -0.1) is 11.8 Å². The summed E-state index contributed by atoms with van der Waals surface area (Å²) in [6.07, 6.45) is 13.3. The summed E-state index contributed by atoms with van der Waals surface area (Å²) in [4.78, 5) is 26.1. The zero-order chi connectivity index (χ0) is 30.8. The molecule has 0 amide bonds. The van der Waals surface area contributed by atoms with Crippen molar-refractivity contribution in [3.63, 3.8) is 0 Å². The van der Waals surface area contributed by atoms with E-state index in [0.29, 0.717) is 23.9 Å². The van der Waals surface area contributed by atoms with Crippen LogP contribution in [0.15, 0.2) is 12.2 Å². The first-order valence-electron chi connectivity index (χ1n) is 15.3. The fourth-order valence-corrected chi connectivity index (χ4v) is 10.3. The summed E-state index contributed by atoms with van der Waals surface area (Å²) in [6, 6.07) is 0. The fraction of sp³-hybridized carbons (Fsp3) is 0.871. The first-order chi connectivity index (χ1) is 18.3. The predicted molar refractivity (Wildman–Crippen MR) is 180 cm³/mol. The number of unbranched alkanes of at least 4 members (excludes halogenated alkanes) is 4. The molecule has 1 fully saturated rings. The topological polar surface area (TPSA) is 61.8 Å². The van der Waals surface area contributed by atoms with E-state index >= 15 is 0 Å². The second kappa shape index (κ2) is 16.1. The second-order valence-electron chi connectivity index (χ2n) is 14.2. The summed E-state index contributed by atoms with van der Waals surface area (Å²) in [5.74, 6) is 1.81. The van der Waals surface area contributed by atoms with E-state index in [1.807, 2.05) is 0 Å². The minimum absolute atomic E-state index is 0.0502. The third-order valence-electron chi connectivity index (χ3n) is 8.74. The quantitative estimate of drug-likeness (QED) is 0.0520. The van der Waals surface area contributed by atoms with Crippen LogP contribution in [0.5, 0.6) is 0 Å². The molecule has 0 aromatic heterocycles. The van der Waals surface area contributed by atoms with Crippen molar-refractivity contribution in [1.29, 1.82) is 0 Å². The van der Waals surface area contributed by atoms with Crippen molar-refractivity contribution in [2.45, 2.75) is 146 Å². The van der Waals surface area contributed by atoms with Crippen LogP contribution in [0.3, 0.4) is 0 Å². The van der Waals surface area contributed by atoms with Crippen molar-refractivity contribution in [3.05, 3.63) is 12.2 Å².